The smallest absolute Gasteiger partial charge is 0.335 e. The number of hydrogen-bond acceptors (Lipinski definition) is 4. The largest absolute Gasteiger partial charge is 0.478 e. The Balaban J connectivity index is 1.91. The van der Waals surface area contributed by atoms with Crippen molar-refractivity contribution >= 4 is 23.3 Å². The molecule has 0 spiro atoms. The number of benzene rings is 2. The number of carboxylic acid groups (broad SMARTS) is 1. The number of aromatic carboxylic acids is 1. The first kappa shape index (κ1) is 17.0. The van der Waals surface area contributed by atoms with E-state index in [0.717, 1.165) is 11.3 Å². The predicted molar refractivity (Wildman–Crippen MR) is 95.6 cm³/mol. The minimum Gasteiger partial charge on any atom is -0.478 e. The molecule has 0 aliphatic carbocycles. The fraction of sp³-hybridized carbons (Fsp3) is 0.263. The van der Waals surface area contributed by atoms with Crippen LogP contribution in [0.1, 0.15) is 26.3 Å². The van der Waals surface area contributed by atoms with E-state index in [2.05, 4.69) is 10.2 Å². The number of carboxylic acids is 1. The van der Waals surface area contributed by atoms with E-state index in [1.54, 1.807) is 24.3 Å². The SMILES string of the molecule is Cc1ccc(C(=O)Nc2cc(C(=O)O)ccc2N2CCOCC2)cc1. The molecule has 0 bridgehead atoms. The molecule has 6 nitrogen and oxygen atoms in total. The van der Waals surface area contributed by atoms with Gasteiger partial charge in [-0.05, 0) is 37.3 Å². The third-order valence-corrected chi connectivity index (χ3v) is 4.16. The van der Waals surface area contributed by atoms with Crippen LogP contribution in [-0.4, -0.2) is 43.3 Å². The van der Waals surface area contributed by atoms with Crippen molar-refractivity contribution in [3.63, 3.8) is 0 Å². The van der Waals surface area contributed by atoms with Crippen molar-refractivity contribution in [2.45, 2.75) is 6.92 Å². The minimum absolute atomic E-state index is 0.135. The van der Waals surface area contributed by atoms with Crippen LogP contribution in [0.25, 0.3) is 0 Å². The topological polar surface area (TPSA) is 78.9 Å². The molecule has 130 valence electrons. The highest BCUT2D eigenvalue weighted by Gasteiger charge is 2.18. The molecule has 1 heterocycles. The van der Waals surface area contributed by atoms with Crippen molar-refractivity contribution in [1.29, 1.82) is 0 Å². The molecule has 3 rings (SSSR count). The number of carbonyl (C=O) groups excluding carboxylic acids is 1. The van der Waals surface area contributed by atoms with E-state index in [-0.39, 0.29) is 11.5 Å². The Bertz CT molecular complexity index is 781. The van der Waals surface area contributed by atoms with Crippen molar-refractivity contribution in [3.8, 4) is 0 Å². The van der Waals surface area contributed by atoms with Gasteiger partial charge in [0.2, 0.25) is 0 Å². The van der Waals surface area contributed by atoms with E-state index in [4.69, 9.17) is 4.74 Å². The lowest BCUT2D eigenvalue weighted by Crippen LogP contribution is -2.36. The van der Waals surface area contributed by atoms with Gasteiger partial charge in [-0.3, -0.25) is 4.79 Å². The van der Waals surface area contributed by atoms with Gasteiger partial charge in [0.15, 0.2) is 0 Å². The molecule has 1 aliphatic rings. The second-order valence-corrected chi connectivity index (χ2v) is 5.96. The number of carbonyl (C=O) groups is 2. The van der Waals surface area contributed by atoms with Crippen LogP contribution >= 0.6 is 0 Å². The number of hydrogen-bond donors (Lipinski definition) is 2. The third-order valence-electron chi connectivity index (χ3n) is 4.16. The van der Waals surface area contributed by atoms with E-state index < -0.39 is 5.97 Å². The maximum Gasteiger partial charge on any atom is 0.335 e. The molecule has 0 saturated carbocycles. The van der Waals surface area contributed by atoms with Crippen molar-refractivity contribution in [1.82, 2.24) is 0 Å². The summed E-state index contributed by atoms with van der Waals surface area (Å²) in [6.07, 6.45) is 0. The molecule has 1 amide bonds. The van der Waals surface area contributed by atoms with Gasteiger partial charge in [-0.2, -0.15) is 0 Å². The van der Waals surface area contributed by atoms with Gasteiger partial charge in [-0.15, -0.1) is 0 Å². The summed E-state index contributed by atoms with van der Waals surface area (Å²) in [5.41, 5.74) is 3.02. The summed E-state index contributed by atoms with van der Waals surface area (Å²) in [5.74, 6) is -1.29. The zero-order valence-electron chi connectivity index (χ0n) is 14.0. The summed E-state index contributed by atoms with van der Waals surface area (Å²) >= 11 is 0. The summed E-state index contributed by atoms with van der Waals surface area (Å²) in [5, 5.41) is 12.1. The van der Waals surface area contributed by atoms with E-state index in [9.17, 15) is 14.7 Å². The highest BCUT2D eigenvalue weighted by Crippen LogP contribution is 2.28. The fourth-order valence-electron chi connectivity index (χ4n) is 2.75. The standard InChI is InChI=1S/C19H20N2O4/c1-13-2-4-14(5-3-13)18(22)20-16-12-15(19(23)24)6-7-17(16)21-8-10-25-11-9-21/h2-7,12H,8-11H2,1H3,(H,20,22)(H,23,24). The molecule has 1 aliphatic heterocycles. The van der Waals surface area contributed by atoms with Crippen LogP contribution in [0.5, 0.6) is 0 Å². The van der Waals surface area contributed by atoms with E-state index >= 15 is 0 Å². The number of nitrogens with zero attached hydrogens (tertiary/aromatic N) is 1. The molecule has 0 unspecified atom stereocenters. The van der Waals surface area contributed by atoms with Gasteiger partial charge in [0.25, 0.3) is 5.91 Å². The zero-order chi connectivity index (χ0) is 17.8. The fourth-order valence-corrected chi connectivity index (χ4v) is 2.75. The van der Waals surface area contributed by atoms with Gasteiger partial charge in [0.05, 0.1) is 30.2 Å². The Morgan fingerprint density at radius 2 is 1.68 bits per heavy atom. The Labute approximate surface area is 146 Å². The lowest BCUT2D eigenvalue weighted by atomic mass is 10.1. The van der Waals surface area contributed by atoms with E-state index in [1.807, 2.05) is 19.1 Å². The Morgan fingerprint density at radius 1 is 1.04 bits per heavy atom. The first-order valence-corrected chi connectivity index (χ1v) is 8.12. The average molecular weight is 340 g/mol. The molecular weight excluding hydrogens is 320 g/mol. The number of nitrogens with one attached hydrogen (secondary N) is 1. The number of rotatable bonds is 4. The van der Waals surface area contributed by atoms with E-state index in [1.165, 1.54) is 6.07 Å². The quantitative estimate of drug-likeness (QED) is 0.895. The molecule has 0 atom stereocenters. The van der Waals surface area contributed by atoms with Crippen LogP contribution in [-0.2, 0) is 4.74 Å². The summed E-state index contributed by atoms with van der Waals surface area (Å²) in [6.45, 7) is 4.55. The molecule has 6 heteroatoms. The minimum atomic E-state index is -1.03. The monoisotopic (exact) mass is 340 g/mol. The molecule has 2 aromatic carbocycles. The summed E-state index contributed by atoms with van der Waals surface area (Å²) in [7, 11) is 0. The van der Waals surface area contributed by atoms with Crippen LogP contribution in [0, 0.1) is 6.92 Å². The first-order chi connectivity index (χ1) is 12.0. The van der Waals surface area contributed by atoms with Crippen LogP contribution in [0.2, 0.25) is 0 Å². The average Bonchev–Trinajstić information content (AvgIpc) is 2.63. The van der Waals surface area contributed by atoms with Crippen molar-refractivity contribution in [3.05, 3.63) is 59.2 Å². The second-order valence-electron chi connectivity index (χ2n) is 5.96. The van der Waals surface area contributed by atoms with Gasteiger partial charge >= 0.3 is 5.97 Å². The van der Waals surface area contributed by atoms with Crippen LogP contribution < -0.4 is 10.2 Å². The molecule has 1 saturated heterocycles. The Hall–Kier alpha value is -2.86. The summed E-state index contributed by atoms with van der Waals surface area (Å²) in [6, 6.07) is 12.0. The molecule has 1 fully saturated rings. The van der Waals surface area contributed by atoms with Crippen LogP contribution in [0.4, 0.5) is 11.4 Å². The molecule has 0 radical (unpaired) electrons. The molecular formula is C19H20N2O4. The summed E-state index contributed by atoms with van der Waals surface area (Å²) < 4.78 is 5.36. The molecule has 0 aromatic heterocycles. The third kappa shape index (κ3) is 3.97. The van der Waals surface area contributed by atoms with Crippen molar-refractivity contribution in [2.75, 3.05) is 36.5 Å². The number of ether oxygens (including phenoxy) is 1. The van der Waals surface area contributed by atoms with Crippen molar-refractivity contribution in [2.24, 2.45) is 0 Å². The van der Waals surface area contributed by atoms with Crippen LogP contribution in [0.3, 0.4) is 0 Å². The normalized spacial score (nSPS) is 14.2. The number of anilines is 2. The zero-order valence-corrected chi connectivity index (χ0v) is 14.0. The Morgan fingerprint density at radius 3 is 2.32 bits per heavy atom. The lowest BCUT2D eigenvalue weighted by Gasteiger charge is -2.30. The van der Waals surface area contributed by atoms with Crippen molar-refractivity contribution < 1.29 is 19.4 Å². The molecule has 25 heavy (non-hydrogen) atoms. The molecule has 2 aromatic rings. The highest BCUT2D eigenvalue weighted by atomic mass is 16.5. The second kappa shape index (κ2) is 7.36. The number of aryl methyl sites for hydroxylation is 1. The Kier molecular flexibility index (Phi) is 5.00. The lowest BCUT2D eigenvalue weighted by molar-refractivity contribution is 0.0696. The number of amides is 1. The van der Waals surface area contributed by atoms with Gasteiger partial charge < -0.3 is 20.1 Å². The van der Waals surface area contributed by atoms with Crippen LogP contribution in [0.15, 0.2) is 42.5 Å². The van der Waals surface area contributed by atoms with Gasteiger partial charge in [-0.25, -0.2) is 4.79 Å². The molecule has 2 N–H and O–H groups in total. The first-order valence-electron chi connectivity index (χ1n) is 8.12. The summed E-state index contributed by atoms with van der Waals surface area (Å²) in [4.78, 5) is 25.9. The van der Waals surface area contributed by atoms with E-state index in [0.29, 0.717) is 37.6 Å². The maximum atomic E-state index is 12.5. The van der Waals surface area contributed by atoms with Gasteiger partial charge in [0, 0.05) is 18.7 Å². The van der Waals surface area contributed by atoms with Gasteiger partial charge in [0.1, 0.15) is 0 Å². The van der Waals surface area contributed by atoms with Gasteiger partial charge in [-0.1, -0.05) is 17.7 Å². The predicted octanol–water partition coefficient (Wildman–Crippen LogP) is 2.78. The number of morpholine rings is 1. The highest BCUT2D eigenvalue weighted by molar-refractivity contribution is 6.06. The maximum absolute atomic E-state index is 12.5.